The van der Waals surface area contributed by atoms with Crippen LogP contribution in [0.25, 0.3) is 0 Å². The van der Waals surface area contributed by atoms with Crippen molar-refractivity contribution in [2.24, 2.45) is 0 Å². The van der Waals surface area contributed by atoms with E-state index >= 15 is 0 Å². The number of carbonyl (C=O) groups is 1. The molecule has 2 aliphatic rings. The van der Waals surface area contributed by atoms with E-state index in [2.05, 4.69) is 10.3 Å². The monoisotopic (exact) mass is 285 g/mol. The highest BCUT2D eigenvalue weighted by Crippen LogP contribution is 2.40. The van der Waals surface area contributed by atoms with Gasteiger partial charge in [-0.25, -0.2) is 4.98 Å². The molecule has 2 heterocycles. The van der Waals surface area contributed by atoms with Crippen molar-refractivity contribution in [1.29, 1.82) is 0 Å². The second kappa shape index (κ2) is 4.31. The zero-order chi connectivity index (χ0) is 13.7. The Morgan fingerprint density at radius 3 is 2.85 bits per heavy atom. The average Bonchev–Trinajstić information content (AvgIpc) is 3.20. The van der Waals surface area contributed by atoms with Crippen molar-refractivity contribution in [2.75, 3.05) is 5.32 Å². The van der Waals surface area contributed by atoms with Gasteiger partial charge in [-0.15, -0.1) is 11.3 Å². The van der Waals surface area contributed by atoms with E-state index in [0.717, 1.165) is 34.8 Å². The Morgan fingerprint density at radius 2 is 2.15 bits per heavy atom. The smallest absolute Gasteiger partial charge is 0.258 e. The lowest BCUT2D eigenvalue weighted by Gasteiger charge is -2.37. The molecule has 4 rings (SSSR count). The highest BCUT2D eigenvalue weighted by Gasteiger charge is 2.42. The predicted octanol–water partition coefficient (Wildman–Crippen LogP) is 3.18. The largest absolute Gasteiger partial charge is 0.359 e. The molecule has 0 radical (unpaired) electrons. The summed E-state index contributed by atoms with van der Waals surface area (Å²) in [7, 11) is 0. The molecule has 1 aromatic carbocycles. The molecular formula is C15H15N3OS. The molecule has 0 spiro atoms. The Balaban J connectivity index is 1.80. The van der Waals surface area contributed by atoms with Crippen molar-refractivity contribution in [2.45, 2.75) is 32.0 Å². The number of para-hydroxylation sites is 1. The van der Waals surface area contributed by atoms with Crippen LogP contribution in [0.5, 0.6) is 0 Å². The number of aromatic nitrogens is 1. The molecule has 2 aromatic rings. The summed E-state index contributed by atoms with van der Waals surface area (Å²) in [5.74, 6) is 0.123. The number of anilines is 1. The number of rotatable bonds is 2. The van der Waals surface area contributed by atoms with Gasteiger partial charge in [0.15, 0.2) is 0 Å². The van der Waals surface area contributed by atoms with E-state index in [1.165, 1.54) is 0 Å². The van der Waals surface area contributed by atoms with Gasteiger partial charge in [0.25, 0.3) is 5.91 Å². The molecule has 1 aliphatic heterocycles. The molecule has 1 amide bonds. The minimum atomic E-state index is -0.130. The van der Waals surface area contributed by atoms with Crippen molar-refractivity contribution in [3.8, 4) is 0 Å². The van der Waals surface area contributed by atoms with Crippen LogP contribution in [0.3, 0.4) is 0 Å². The number of fused-ring (bicyclic) bond motifs is 1. The molecule has 4 nitrogen and oxygen atoms in total. The second-order valence-corrected chi connectivity index (χ2v) is 6.39. The SMILES string of the molecule is Cc1nc([C@H]2Nc3ccccc3C(=O)N2C2CC2)cs1. The summed E-state index contributed by atoms with van der Waals surface area (Å²) in [6.07, 6.45) is 2.06. The highest BCUT2D eigenvalue weighted by molar-refractivity contribution is 7.09. The molecule has 0 unspecified atom stereocenters. The number of nitrogens with one attached hydrogen (secondary N) is 1. The fourth-order valence-electron chi connectivity index (χ4n) is 2.72. The summed E-state index contributed by atoms with van der Waals surface area (Å²) in [5, 5.41) is 6.55. The van der Waals surface area contributed by atoms with Gasteiger partial charge >= 0.3 is 0 Å². The third kappa shape index (κ3) is 1.81. The number of benzene rings is 1. The zero-order valence-electron chi connectivity index (χ0n) is 11.2. The number of thiazole rings is 1. The van der Waals surface area contributed by atoms with E-state index in [1.54, 1.807) is 11.3 Å². The van der Waals surface area contributed by atoms with Gasteiger partial charge in [-0.05, 0) is 31.9 Å². The van der Waals surface area contributed by atoms with Gasteiger partial charge in [-0.3, -0.25) is 4.79 Å². The molecule has 1 atom stereocenters. The van der Waals surface area contributed by atoms with Crippen molar-refractivity contribution in [3.05, 3.63) is 45.9 Å². The van der Waals surface area contributed by atoms with Gasteiger partial charge < -0.3 is 10.2 Å². The lowest BCUT2D eigenvalue weighted by atomic mass is 10.1. The van der Waals surface area contributed by atoms with Gasteiger partial charge in [0.05, 0.1) is 16.3 Å². The first kappa shape index (κ1) is 11.9. The molecule has 0 bridgehead atoms. The minimum Gasteiger partial charge on any atom is -0.359 e. The Labute approximate surface area is 121 Å². The van der Waals surface area contributed by atoms with Crippen LogP contribution in [0.1, 0.15) is 40.1 Å². The quantitative estimate of drug-likeness (QED) is 0.921. The lowest BCUT2D eigenvalue weighted by molar-refractivity contribution is 0.0663. The van der Waals surface area contributed by atoms with Crippen LogP contribution in [0, 0.1) is 6.92 Å². The third-order valence-electron chi connectivity index (χ3n) is 3.82. The number of nitrogens with zero attached hydrogens (tertiary/aromatic N) is 2. The topological polar surface area (TPSA) is 45.2 Å². The van der Waals surface area contributed by atoms with Gasteiger partial charge in [0.2, 0.25) is 0 Å². The van der Waals surface area contributed by atoms with E-state index in [9.17, 15) is 4.79 Å². The van der Waals surface area contributed by atoms with Crippen LogP contribution >= 0.6 is 11.3 Å². The fourth-order valence-corrected chi connectivity index (χ4v) is 3.35. The van der Waals surface area contributed by atoms with Crippen LogP contribution < -0.4 is 5.32 Å². The van der Waals surface area contributed by atoms with E-state index < -0.39 is 0 Å². The van der Waals surface area contributed by atoms with Crippen molar-refractivity contribution in [3.63, 3.8) is 0 Å². The van der Waals surface area contributed by atoms with Gasteiger partial charge in [-0.2, -0.15) is 0 Å². The number of hydrogen-bond donors (Lipinski definition) is 1. The Bertz CT molecular complexity index is 677. The van der Waals surface area contributed by atoms with Crippen LogP contribution in [-0.4, -0.2) is 21.8 Å². The Hall–Kier alpha value is -1.88. The summed E-state index contributed by atoms with van der Waals surface area (Å²) >= 11 is 1.63. The summed E-state index contributed by atoms with van der Waals surface area (Å²) < 4.78 is 0. The third-order valence-corrected chi connectivity index (χ3v) is 4.61. The van der Waals surface area contributed by atoms with E-state index in [0.29, 0.717) is 6.04 Å². The molecule has 0 saturated heterocycles. The number of amides is 1. The van der Waals surface area contributed by atoms with Crippen LogP contribution in [0.4, 0.5) is 5.69 Å². The highest BCUT2D eigenvalue weighted by atomic mass is 32.1. The number of aryl methyl sites for hydroxylation is 1. The van der Waals surface area contributed by atoms with Crippen molar-refractivity contribution in [1.82, 2.24) is 9.88 Å². The second-order valence-electron chi connectivity index (χ2n) is 5.33. The van der Waals surface area contributed by atoms with Crippen LogP contribution in [0.15, 0.2) is 29.6 Å². The predicted molar refractivity (Wildman–Crippen MR) is 78.8 cm³/mol. The molecule has 5 heteroatoms. The van der Waals surface area contributed by atoms with E-state index in [4.69, 9.17) is 0 Å². The van der Waals surface area contributed by atoms with E-state index in [-0.39, 0.29) is 12.1 Å². The van der Waals surface area contributed by atoms with Gasteiger partial charge in [0.1, 0.15) is 6.17 Å². The van der Waals surface area contributed by atoms with Gasteiger partial charge in [0, 0.05) is 17.1 Å². The molecule has 1 aliphatic carbocycles. The first-order valence-electron chi connectivity index (χ1n) is 6.84. The maximum atomic E-state index is 12.8. The first-order valence-corrected chi connectivity index (χ1v) is 7.72. The molecular weight excluding hydrogens is 270 g/mol. The lowest BCUT2D eigenvalue weighted by Crippen LogP contribution is -2.44. The first-order chi connectivity index (χ1) is 9.74. The summed E-state index contributed by atoms with van der Waals surface area (Å²) in [5.41, 5.74) is 2.62. The molecule has 1 aromatic heterocycles. The Morgan fingerprint density at radius 1 is 1.35 bits per heavy atom. The molecule has 102 valence electrons. The molecule has 1 saturated carbocycles. The maximum absolute atomic E-state index is 12.8. The maximum Gasteiger partial charge on any atom is 0.258 e. The van der Waals surface area contributed by atoms with Crippen molar-refractivity contribution >= 4 is 22.9 Å². The zero-order valence-corrected chi connectivity index (χ0v) is 12.0. The van der Waals surface area contributed by atoms with Crippen LogP contribution in [0.2, 0.25) is 0 Å². The summed E-state index contributed by atoms with van der Waals surface area (Å²) in [4.78, 5) is 19.3. The molecule has 1 fully saturated rings. The van der Waals surface area contributed by atoms with Gasteiger partial charge in [-0.1, -0.05) is 12.1 Å². The van der Waals surface area contributed by atoms with Crippen molar-refractivity contribution < 1.29 is 4.79 Å². The number of carbonyl (C=O) groups excluding carboxylic acids is 1. The average molecular weight is 285 g/mol. The minimum absolute atomic E-state index is 0.123. The standard InChI is InChI=1S/C15H15N3OS/c1-9-16-13(8-20-9)14-17-12-5-3-2-4-11(12)15(19)18(14)10-6-7-10/h2-5,8,10,14,17H,6-7H2,1H3/t14-/m0/s1. The normalized spacial score (nSPS) is 21.6. The Kier molecular flexibility index (Phi) is 2.57. The number of hydrogen-bond acceptors (Lipinski definition) is 4. The molecule has 1 N–H and O–H groups in total. The van der Waals surface area contributed by atoms with Crippen LogP contribution in [-0.2, 0) is 0 Å². The van der Waals surface area contributed by atoms with E-state index in [1.807, 2.05) is 41.5 Å². The summed E-state index contributed by atoms with van der Waals surface area (Å²) in [6.45, 7) is 1.99. The fraction of sp³-hybridized carbons (Fsp3) is 0.333. The summed E-state index contributed by atoms with van der Waals surface area (Å²) in [6, 6.07) is 8.08. The molecule has 20 heavy (non-hydrogen) atoms.